The summed E-state index contributed by atoms with van der Waals surface area (Å²) in [5.41, 5.74) is -1.71. The zero-order valence-corrected chi connectivity index (χ0v) is 22.9. The quantitative estimate of drug-likeness (QED) is 0.336. The molecule has 1 saturated heterocycles. The number of nitrogens with zero attached hydrogens (tertiary/aromatic N) is 6. The zero-order chi connectivity index (χ0) is 30.4. The summed E-state index contributed by atoms with van der Waals surface area (Å²) in [4.78, 5) is 30.9. The van der Waals surface area contributed by atoms with Gasteiger partial charge in [-0.2, -0.15) is 18.3 Å². The lowest BCUT2D eigenvalue weighted by molar-refractivity contribution is -0.215. The highest BCUT2D eigenvalue weighted by molar-refractivity contribution is 5.93. The first-order valence-electron chi connectivity index (χ1n) is 13.2. The molecule has 1 saturated carbocycles. The van der Waals surface area contributed by atoms with Gasteiger partial charge in [0.05, 0.1) is 61.4 Å². The van der Waals surface area contributed by atoms with E-state index in [4.69, 9.17) is 4.74 Å². The van der Waals surface area contributed by atoms with Crippen molar-refractivity contribution in [2.75, 3.05) is 19.7 Å². The molecule has 2 atom stereocenters. The van der Waals surface area contributed by atoms with E-state index >= 15 is 0 Å². The molecule has 12 nitrogen and oxygen atoms in total. The van der Waals surface area contributed by atoms with Crippen molar-refractivity contribution < 1.29 is 40.9 Å². The Morgan fingerprint density at radius 3 is 2.67 bits per heavy atom. The third kappa shape index (κ3) is 6.29. The maximum absolute atomic E-state index is 14.3. The van der Waals surface area contributed by atoms with E-state index in [-0.39, 0.29) is 35.4 Å². The number of amides is 3. The van der Waals surface area contributed by atoms with E-state index in [9.17, 15) is 31.5 Å². The van der Waals surface area contributed by atoms with Crippen LogP contribution in [0.3, 0.4) is 0 Å². The van der Waals surface area contributed by atoms with Crippen LogP contribution >= 0.6 is 0 Å². The van der Waals surface area contributed by atoms with E-state index in [0.29, 0.717) is 5.56 Å². The fraction of sp³-hybridized carbons (Fsp3) is 0.600. The number of aromatic nitrogens is 5. The molecule has 42 heavy (non-hydrogen) atoms. The lowest BCUT2D eigenvalue weighted by atomic mass is 9.84. The molecule has 0 spiro atoms. The summed E-state index contributed by atoms with van der Waals surface area (Å²) in [6.07, 6.45) is -0.843. The summed E-state index contributed by atoms with van der Waals surface area (Å²) < 4.78 is 81.6. The Labute approximate surface area is 235 Å². The Bertz CT molecular complexity index is 1470. The predicted octanol–water partition coefficient (Wildman–Crippen LogP) is 3.75. The average Bonchev–Trinajstić information content (AvgIpc) is 3.46. The summed E-state index contributed by atoms with van der Waals surface area (Å²) in [7, 11) is 0. The third-order valence-electron chi connectivity index (χ3n) is 7.31. The molecule has 2 fully saturated rings. The average molecular weight is 601 g/mol. The second-order valence-electron chi connectivity index (χ2n) is 11.3. The van der Waals surface area contributed by atoms with Crippen molar-refractivity contribution in [2.45, 2.75) is 70.3 Å². The summed E-state index contributed by atoms with van der Waals surface area (Å²) in [5.74, 6) is -3.98. The highest BCUT2D eigenvalue weighted by atomic mass is 19.4. The highest BCUT2D eigenvalue weighted by Gasteiger charge is 2.49. The lowest BCUT2D eigenvalue weighted by Crippen LogP contribution is -2.58. The van der Waals surface area contributed by atoms with Gasteiger partial charge in [0.25, 0.3) is 11.8 Å². The number of urea groups is 1. The molecular formula is C25H29F5N8O4. The smallest absolute Gasteiger partial charge is 0.376 e. The van der Waals surface area contributed by atoms with Gasteiger partial charge in [-0.3, -0.25) is 4.79 Å². The van der Waals surface area contributed by atoms with Crippen LogP contribution < -0.4 is 10.6 Å². The summed E-state index contributed by atoms with van der Waals surface area (Å²) in [6, 6.07) is -1.37. The topological polar surface area (TPSA) is 140 Å². The Balaban J connectivity index is 1.48. The fourth-order valence-corrected chi connectivity index (χ4v) is 4.54. The van der Waals surface area contributed by atoms with Gasteiger partial charge in [-0.1, -0.05) is 19.0 Å². The Hall–Kier alpha value is -3.89. The molecule has 0 aromatic carbocycles. The SMILES string of the molecule is Cc1nonc1C(=O)NC(CC(C)(C)C(F)(F)F)c1cn2ncc(C(COC3CC3)N3CC(F)(F)CNC3=O)cc2n1. The van der Waals surface area contributed by atoms with E-state index in [1.165, 1.54) is 29.9 Å². The number of carbonyl (C=O) groups excluding carboxylic acids is 2. The number of fused-ring (bicyclic) bond motifs is 1. The molecule has 1 aliphatic carbocycles. The number of aryl methyl sites for hydroxylation is 1. The van der Waals surface area contributed by atoms with Crippen molar-refractivity contribution in [3.8, 4) is 0 Å². The molecule has 5 rings (SSSR count). The number of imidazole rings is 1. The van der Waals surface area contributed by atoms with Crippen molar-refractivity contribution in [3.63, 3.8) is 0 Å². The van der Waals surface area contributed by atoms with Gasteiger partial charge in [-0.15, -0.1) is 0 Å². The normalized spacial score (nSPS) is 19.0. The maximum atomic E-state index is 14.3. The summed E-state index contributed by atoms with van der Waals surface area (Å²) in [5, 5.41) is 16.0. The van der Waals surface area contributed by atoms with Crippen LogP contribution in [0.4, 0.5) is 26.7 Å². The molecular weight excluding hydrogens is 571 g/mol. The number of hydrogen-bond donors (Lipinski definition) is 2. The lowest BCUT2D eigenvalue weighted by Gasteiger charge is -2.38. The molecule has 0 radical (unpaired) electrons. The van der Waals surface area contributed by atoms with Crippen molar-refractivity contribution in [1.29, 1.82) is 0 Å². The first-order chi connectivity index (χ1) is 19.6. The first kappa shape index (κ1) is 29.6. The van der Waals surface area contributed by atoms with Gasteiger partial charge < -0.3 is 20.3 Å². The van der Waals surface area contributed by atoms with Gasteiger partial charge in [-0.05, 0) is 37.4 Å². The maximum Gasteiger partial charge on any atom is 0.394 e. The molecule has 4 heterocycles. The standard InChI is InChI=1S/C25H29F5N8O4/c1-13-20(36-42-35-13)21(39)34-16(7-23(2,3)25(28,29)30)17-9-38-19(33-17)6-14(8-32-38)18(10-41-15-4-5-15)37-12-24(26,27)11-31-22(37)40/h6,8-9,15-16,18H,4-5,7,10-12H2,1-3H3,(H,31,40)(H,34,39). The molecule has 17 heteroatoms. The molecule has 2 aliphatic rings. The van der Waals surface area contributed by atoms with Crippen LogP contribution in [0.5, 0.6) is 0 Å². The van der Waals surface area contributed by atoms with Gasteiger partial charge in [0.2, 0.25) is 0 Å². The molecule has 3 amide bonds. The number of carbonyl (C=O) groups is 2. The third-order valence-corrected chi connectivity index (χ3v) is 7.31. The summed E-state index contributed by atoms with van der Waals surface area (Å²) >= 11 is 0. The molecule has 2 N–H and O–H groups in total. The number of halogens is 5. The predicted molar refractivity (Wildman–Crippen MR) is 133 cm³/mol. The zero-order valence-electron chi connectivity index (χ0n) is 22.9. The van der Waals surface area contributed by atoms with Gasteiger partial charge >= 0.3 is 12.2 Å². The number of nitrogens with one attached hydrogen (secondary N) is 2. The van der Waals surface area contributed by atoms with Crippen LogP contribution in [0.25, 0.3) is 5.65 Å². The fourth-order valence-electron chi connectivity index (χ4n) is 4.54. The summed E-state index contributed by atoms with van der Waals surface area (Å²) in [6.45, 7) is 1.78. The minimum absolute atomic E-state index is 0.0273. The van der Waals surface area contributed by atoms with E-state index < -0.39 is 61.0 Å². The van der Waals surface area contributed by atoms with Crippen LogP contribution in [0.15, 0.2) is 23.1 Å². The van der Waals surface area contributed by atoms with Crippen LogP contribution in [0.2, 0.25) is 0 Å². The van der Waals surface area contributed by atoms with Crippen molar-refractivity contribution in [2.24, 2.45) is 5.41 Å². The molecule has 3 aromatic heterocycles. The molecule has 1 aliphatic heterocycles. The Kier molecular flexibility index (Phi) is 7.57. The van der Waals surface area contributed by atoms with Gasteiger partial charge in [0.1, 0.15) is 5.69 Å². The number of ether oxygens (including phenoxy) is 1. The van der Waals surface area contributed by atoms with Crippen molar-refractivity contribution >= 4 is 17.6 Å². The van der Waals surface area contributed by atoms with Crippen molar-refractivity contribution in [1.82, 2.24) is 40.4 Å². The van der Waals surface area contributed by atoms with Crippen LogP contribution in [-0.4, -0.2) is 79.6 Å². The number of hydrogen-bond acceptors (Lipinski definition) is 8. The number of rotatable bonds is 10. The Morgan fingerprint density at radius 2 is 2.02 bits per heavy atom. The van der Waals surface area contributed by atoms with E-state index in [1.807, 2.05) is 0 Å². The van der Waals surface area contributed by atoms with Gasteiger partial charge in [0, 0.05) is 5.56 Å². The second-order valence-corrected chi connectivity index (χ2v) is 11.3. The minimum atomic E-state index is -4.60. The molecule has 3 aromatic rings. The van der Waals surface area contributed by atoms with E-state index in [0.717, 1.165) is 31.6 Å². The van der Waals surface area contributed by atoms with Crippen LogP contribution in [0, 0.1) is 12.3 Å². The monoisotopic (exact) mass is 600 g/mol. The van der Waals surface area contributed by atoms with Crippen LogP contribution in [-0.2, 0) is 4.74 Å². The van der Waals surface area contributed by atoms with Gasteiger partial charge in [0.15, 0.2) is 11.3 Å². The molecule has 2 unspecified atom stereocenters. The number of alkyl halides is 5. The Morgan fingerprint density at radius 1 is 1.29 bits per heavy atom. The van der Waals surface area contributed by atoms with E-state index in [2.05, 4.69) is 35.7 Å². The van der Waals surface area contributed by atoms with Gasteiger partial charge in [-0.25, -0.2) is 27.7 Å². The highest BCUT2D eigenvalue weighted by Crippen LogP contribution is 2.44. The van der Waals surface area contributed by atoms with Crippen LogP contribution in [0.1, 0.15) is 72.6 Å². The largest absolute Gasteiger partial charge is 0.394 e. The molecule has 228 valence electrons. The van der Waals surface area contributed by atoms with Crippen molar-refractivity contribution in [3.05, 3.63) is 41.1 Å². The first-order valence-corrected chi connectivity index (χ1v) is 13.2. The molecule has 0 bridgehead atoms. The second kappa shape index (κ2) is 10.7. The van der Waals surface area contributed by atoms with E-state index in [1.54, 1.807) is 0 Å². The minimum Gasteiger partial charge on any atom is -0.376 e.